The number of aryl methyl sites for hydroxylation is 1. The fourth-order valence-corrected chi connectivity index (χ4v) is 3.11. The molecule has 0 amide bonds. The Balaban J connectivity index is 1.55. The van der Waals surface area contributed by atoms with Crippen molar-refractivity contribution >= 4 is 23.4 Å². The number of nitrogen functional groups attached to an aromatic ring is 1. The summed E-state index contributed by atoms with van der Waals surface area (Å²) in [6, 6.07) is 14.3. The Morgan fingerprint density at radius 2 is 2.04 bits per heavy atom. The van der Waals surface area contributed by atoms with Crippen molar-refractivity contribution in [3.05, 3.63) is 77.4 Å². The first-order valence-electron chi connectivity index (χ1n) is 8.83. The molecule has 142 valence electrons. The summed E-state index contributed by atoms with van der Waals surface area (Å²) in [4.78, 5) is 10.4. The van der Waals surface area contributed by atoms with Gasteiger partial charge in [0, 0.05) is 23.5 Å². The van der Waals surface area contributed by atoms with Crippen LogP contribution in [0.3, 0.4) is 0 Å². The van der Waals surface area contributed by atoms with E-state index in [4.69, 9.17) is 16.2 Å². The highest BCUT2D eigenvalue weighted by Gasteiger charge is 2.24. The van der Waals surface area contributed by atoms with E-state index in [2.05, 4.69) is 9.98 Å². The first kappa shape index (κ1) is 17.9. The minimum Gasteiger partial charge on any atom is -0.487 e. The molecule has 4 rings (SSSR count). The maximum atomic E-state index is 13.7. The number of rotatable bonds is 4. The van der Waals surface area contributed by atoms with Crippen LogP contribution < -0.4 is 21.1 Å². The number of nitrogens with zero attached hydrogens (tertiary/aromatic N) is 3. The van der Waals surface area contributed by atoms with Gasteiger partial charge in [-0.05, 0) is 48.9 Å². The summed E-state index contributed by atoms with van der Waals surface area (Å²) in [6.45, 7) is 2.36. The van der Waals surface area contributed by atoms with Gasteiger partial charge >= 0.3 is 0 Å². The van der Waals surface area contributed by atoms with E-state index in [0.717, 1.165) is 22.7 Å². The highest BCUT2D eigenvalue weighted by Crippen LogP contribution is 2.36. The largest absolute Gasteiger partial charge is 0.487 e. The number of hydrogen-bond donors (Lipinski definition) is 2. The number of halogens is 1. The van der Waals surface area contributed by atoms with E-state index in [-0.39, 0.29) is 5.69 Å². The Bertz CT molecular complexity index is 1040. The van der Waals surface area contributed by atoms with Crippen LogP contribution in [-0.4, -0.2) is 11.3 Å². The van der Waals surface area contributed by atoms with E-state index in [1.807, 2.05) is 48.2 Å². The Morgan fingerprint density at radius 1 is 1.18 bits per heavy atom. The predicted octanol–water partition coefficient (Wildman–Crippen LogP) is 3.83. The lowest BCUT2D eigenvalue weighted by Crippen LogP contribution is -2.35. The Morgan fingerprint density at radius 3 is 2.79 bits per heavy atom. The van der Waals surface area contributed by atoms with Gasteiger partial charge in [0.1, 0.15) is 24.3 Å². The molecule has 0 radical (unpaired) electrons. The number of benzene rings is 2. The number of aromatic nitrogens is 1. The van der Waals surface area contributed by atoms with Gasteiger partial charge in [0.15, 0.2) is 0 Å². The molecule has 2 heterocycles. The number of nitrogens with two attached hydrogens (primary N) is 2. The van der Waals surface area contributed by atoms with E-state index in [1.165, 1.54) is 12.1 Å². The third kappa shape index (κ3) is 3.39. The number of fused-ring (bicyclic) bond motifs is 1. The molecule has 4 N–H and O–H groups in total. The fourth-order valence-electron chi connectivity index (χ4n) is 3.11. The molecule has 3 aromatic rings. The maximum Gasteiger partial charge on any atom is 0.148 e. The molecule has 0 saturated carbocycles. The maximum absolute atomic E-state index is 13.7. The smallest absolute Gasteiger partial charge is 0.148 e. The van der Waals surface area contributed by atoms with E-state index >= 15 is 0 Å². The average Bonchev–Trinajstić information content (AvgIpc) is 2.70. The highest BCUT2D eigenvalue weighted by atomic mass is 19.1. The van der Waals surface area contributed by atoms with Gasteiger partial charge in [-0.2, -0.15) is 0 Å². The van der Waals surface area contributed by atoms with Crippen LogP contribution >= 0.6 is 0 Å². The van der Waals surface area contributed by atoms with Crippen LogP contribution in [0.4, 0.5) is 21.5 Å². The second kappa shape index (κ2) is 7.28. The molecule has 0 fully saturated rings. The molecule has 1 atom stereocenters. The van der Waals surface area contributed by atoms with Crippen molar-refractivity contribution in [2.24, 2.45) is 10.7 Å². The van der Waals surface area contributed by atoms with Crippen LogP contribution in [-0.2, 0) is 6.61 Å². The van der Waals surface area contributed by atoms with Crippen molar-refractivity contribution in [1.82, 2.24) is 4.98 Å². The number of hydrogen-bond acceptors (Lipinski definition) is 6. The van der Waals surface area contributed by atoms with Gasteiger partial charge in [0.2, 0.25) is 0 Å². The molecule has 0 spiro atoms. The number of pyridine rings is 1. The zero-order chi connectivity index (χ0) is 19.7. The van der Waals surface area contributed by atoms with Crippen LogP contribution in [0.15, 0.2) is 59.7 Å². The van der Waals surface area contributed by atoms with E-state index < -0.39 is 12.0 Å². The molecule has 0 saturated heterocycles. The van der Waals surface area contributed by atoms with Crippen LogP contribution in [0.2, 0.25) is 0 Å². The van der Waals surface area contributed by atoms with Gasteiger partial charge in [-0.15, -0.1) is 0 Å². The van der Waals surface area contributed by atoms with Crippen molar-refractivity contribution in [3.63, 3.8) is 0 Å². The summed E-state index contributed by atoms with van der Waals surface area (Å²) in [5.41, 5.74) is 16.0. The van der Waals surface area contributed by atoms with Crippen LogP contribution in [0.25, 0.3) is 0 Å². The van der Waals surface area contributed by atoms with Crippen LogP contribution in [0, 0.1) is 12.7 Å². The summed E-state index contributed by atoms with van der Waals surface area (Å²) in [5, 5.41) is 0. The number of aliphatic imine (C=N–C) groups is 1. The Labute approximate surface area is 162 Å². The third-order valence-corrected chi connectivity index (χ3v) is 4.64. The zero-order valence-corrected chi connectivity index (χ0v) is 15.3. The lowest BCUT2D eigenvalue weighted by atomic mass is 10.1. The van der Waals surface area contributed by atoms with Gasteiger partial charge in [0.25, 0.3) is 0 Å². The van der Waals surface area contributed by atoms with Gasteiger partial charge in [-0.3, -0.25) is 4.98 Å². The normalized spacial score (nSPS) is 15.4. The van der Waals surface area contributed by atoms with Gasteiger partial charge < -0.3 is 21.1 Å². The van der Waals surface area contributed by atoms with Crippen molar-refractivity contribution in [3.8, 4) is 5.75 Å². The van der Waals surface area contributed by atoms with Crippen LogP contribution in [0.1, 0.15) is 23.0 Å². The highest BCUT2D eigenvalue weighted by molar-refractivity contribution is 5.86. The standard InChI is InChI=1S/C21H20FN5O/c1-13-8-15(5-6-20(13)28-11-14-4-2-3-7-25-14)27-12-26-19-10-17(22)18(23)9-16(19)21(27)24/h2-10,12,21H,11,23-24H2,1H3. The molecule has 2 aromatic carbocycles. The van der Waals surface area contributed by atoms with Gasteiger partial charge in [-0.1, -0.05) is 6.07 Å². The molecule has 1 unspecified atom stereocenters. The molecule has 1 aliphatic heterocycles. The molecule has 28 heavy (non-hydrogen) atoms. The lowest BCUT2D eigenvalue weighted by molar-refractivity contribution is 0.299. The van der Waals surface area contributed by atoms with Gasteiger partial charge in [0.05, 0.1) is 23.4 Å². The minimum absolute atomic E-state index is 0.0562. The number of ether oxygens (including phenoxy) is 1. The summed E-state index contributed by atoms with van der Waals surface area (Å²) in [6.07, 6.45) is 2.82. The van der Waals surface area contributed by atoms with Crippen LogP contribution in [0.5, 0.6) is 5.75 Å². The summed E-state index contributed by atoms with van der Waals surface area (Å²) in [7, 11) is 0. The third-order valence-electron chi connectivity index (χ3n) is 4.64. The van der Waals surface area contributed by atoms with Crippen molar-refractivity contribution in [2.45, 2.75) is 19.7 Å². The molecule has 1 aliphatic rings. The van der Waals surface area contributed by atoms with Crippen molar-refractivity contribution in [2.75, 3.05) is 10.6 Å². The molecular formula is C21H20FN5O. The quantitative estimate of drug-likeness (QED) is 0.675. The van der Waals surface area contributed by atoms with Crippen molar-refractivity contribution in [1.29, 1.82) is 0 Å². The monoisotopic (exact) mass is 377 g/mol. The first-order valence-corrected chi connectivity index (χ1v) is 8.83. The van der Waals surface area contributed by atoms with Crippen molar-refractivity contribution < 1.29 is 9.13 Å². The van der Waals surface area contributed by atoms with E-state index in [0.29, 0.717) is 17.9 Å². The molecule has 7 heteroatoms. The average molecular weight is 377 g/mol. The first-order chi connectivity index (χ1) is 13.5. The SMILES string of the molecule is Cc1cc(N2C=Nc3cc(F)c(N)cc3C2N)ccc1OCc1ccccn1. The number of anilines is 2. The van der Waals surface area contributed by atoms with E-state index in [9.17, 15) is 4.39 Å². The Hall–Kier alpha value is -3.45. The molecule has 0 aliphatic carbocycles. The summed E-state index contributed by atoms with van der Waals surface area (Å²) < 4.78 is 19.5. The molecule has 1 aromatic heterocycles. The fraction of sp³-hybridized carbons (Fsp3) is 0.143. The molecular weight excluding hydrogens is 357 g/mol. The zero-order valence-electron chi connectivity index (χ0n) is 15.3. The summed E-state index contributed by atoms with van der Waals surface area (Å²) >= 11 is 0. The second-order valence-corrected chi connectivity index (χ2v) is 6.59. The summed E-state index contributed by atoms with van der Waals surface area (Å²) in [5.74, 6) is 0.269. The van der Waals surface area contributed by atoms with Gasteiger partial charge in [-0.25, -0.2) is 9.38 Å². The predicted molar refractivity (Wildman–Crippen MR) is 108 cm³/mol. The second-order valence-electron chi connectivity index (χ2n) is 6.59. The molecule has 0 bridgehead atoms. The minimum atomic E-state index is -0.518. The Kier molecular flexibility index (Phi) is 4.67. The topological polar surface area (TPSA) is 89.8 Å². The van der Waals surface area contributed by atoms with E-state index in [1.54, 1.807) is 12.5 Å². The lowest BCUT2D eigenvalue weighted by Gasteiger charge is -2.31. The molecule has 6 nitrogen and oxygen atoms in total.